The molecule has 0 spiro atoms. The number of carbonyl (C=O) groups excluding carboxylic acids is 1. The van der Waals surface area contributed by atoms with Gasteiger partial charge in [-0.15, -0.1) is 0 Å². The number of para-hydroxylation sites is 1. The van der Waals surface area contributed by atoms with E-state index in [1.54, 1.807) is 0 Å². The Labute approximate surface area is 124 Å². The van der Waals surface area contributed by atoms with E-state index in [4.69, 9.17) is 0 Å². The molecule has 3 heteroatoms. The molecule has 0 aliphatic heterocycles. The summed E-state index contributed by atoms with van der Waals surface area (Å²) in [6.07, 6.45) is 2.87. The predicted octanol–water partition coefficient (Wildman–Crippen LogP) is 3.99. The van der Waals surface area contributed by atoms with Gasteiger partial charge in [-0.2, -0.15) is 0 Å². The van der Waals surface area contributed by atoms with Crippen LogP contribution in [0.25, 0.3) is 10.9 Å². The summed E-state index contributed by atoms with van der Waals surface area (Å²) < 4.78 is 2.02. The normalized spacial score (nSPS) is 10.8. The number of nitrogens with zero attached hydrogens (tertiary/aromatic N) is 1. The Bertz CT molecular complexity index is 802. The van der Waals surface area contributed by atoms with E-state index in [2.05, 4.69) is 12.2 Å². The Morgan fingerprint density at radius 2 is 1.90 bits per heavy atom. The van der Waals surface area contributed by atoms with Crippen LogP contribution in [0.1, 0.15) is 22.8 Å². The number of hydrogen-bond donors (Lipinski definition) is 1. The highest BCUT2D eigenvalue weighted by molar-refractivity contribution is 6.12. The maximum atomic E-state index is 12.6. The van der Waals surface area contributed by atoms with Gasteiger partial charge < -0.3 is 9.88 Å². The summed E-state index contributed by atoms with van der Waals surface area (Å²) in [4.78, 5) is 12.6. The Hall–Kier alpha value is -2.55. The SMILES string of the molecule is CCc1ccccc1NC(=O)c1cccc2c1ccn2C. The molecule has 0 bridgehead atoms. The number of amides is 1. The van der Waals surface area contributed by atoms with E-state index in [0.29, 0.717) is 5.56 Å². The van der Waals surface area contributed by atoms with Crippen molar-refractivity contribution >= 4 is 22.5 Å². The second-order valence-corrected chi connectivity index (χ2v) is 5.13. The van der Waals surface area contributed by atoms with Gasteiger partial charge in [0, 0.05) is 35.4 Å². The van der Waals surface area contributed by atoms with Crippen molar-refractivity contribution < 1.29 is 4.79 Å². The summed E-state index contributed by atoms with van der Waals surface area (Å²) in [7, 11) is 1.98. The van der Waals surface area contributed by atoms with Crippen LogP contribution in [0, 0.1) is 0 Å². The molecule has 0 aliphatic rings. The molecule has 3 aromatic rings. The van der Waals surface area contributed by atoms with Crippen molar-refractivity contribution in [2.75, 3.05) is 5.32 Å². The lowest BCUT2D eigenvalue weighted by atomic mass is 10.1. The lowest BCUT2D eigenvalue weighted by Gasteiger charge is -2.10. The molecule has 0 unspecified atom stereocenters. The number of carbonyl (C=O) groups is 1. The highest BCUT2D eigenvalue weighted by atomic mass is 16.1. The van der Waals surface area contributed by atoms with Crippen LogP contribution in [0.5, 0.6) is 0 Å². The summed E-state index contributed by atoms with van der Waals surface area (Å²) >= 11 is 0. The second kappa shape index (κ2) is 5.44. The van der Waals surface area contributed by atoms with Crippen LogP contribution >= 0.6 is 0 Å². The van der Waals surface area contributed by atoms with E-state index < -0.39 is 0 Å². The van der Waals surface area contributed by atoms with Gasteiger partial charge in [-0.1, -0.05) is 31.2 Å². The minimum absolute atomic E-state index is 0.0623. The first-order chi connectivity index (χ1) is 10.2. The molecule has 0 saturated heterocycles. The molecule has 3 nitrogen and oxygen atoms in total. The number of hydrogen-bond acceptors (Lipinski definition) is 1. The summed E-state index contributed by atoms with van der Waals surface area (Å²) in [5.41, 5.74) is 3.80. The standard InChI is InChI=1S/C18H18N2O/c1-3-13-7-4-5-9-16(13)19-18(21)15-8-6-10-17-14(15)11-12-20(17)2/h4-12H,3H2,1-2H3,(H,19,21). The monoisotopic (exact) mass is 278 g/mol. The Morgan fingerprint density at radius 3 is 2.71 bits per heavy atom. The van der Waals surface area contributed by atoms with E-state index in [1.165, 1.54) is 0 Å². The second-order valence-electron chi connectivity index (χ2n) is 5.13. The van der Waals surface area contributed by atoms with Crippen LogP contribution in [0.3, 0.4) is 0 Å². The number of benzene rings is 2. The van der Waals surface area contributed by atoms with Gasteiger partial charge in [-0.05, 0) is 36.2 Å². The quantitative estimate of drug-likeness (QED) is 0.772. The largest absolute Gasteiger partial charge is 0.351 e. The van der Waals surface area contributed by atoms with Crippen molar-refractivity contribution in [3.05, 3.63) is 65.9 Å². The fourth-order valence-corrected chi connectivity index (χ4v) is 2.64. The van der Waals surface area contributed by atoms with Crippen LogP contribution in [0.15, 0.2) is 54.7 Å². The molecule has 1 aromatic heterocycles. The number of aromatic nitrogens is 1. The fraction of sp³-hybridized carbons (Fsp3) is 0.167. The average molecular weight is 278 g/mol. The third-order valence-electron chi connectivity index (χ3n) is 3.82. The summed E-state index contributed by atoms with van der Waals surface area (Å²) in [6, 6.07) is 15.7. The van der Waals surface area contributed by atoms with Crippen LogP contribution in [0.4, 0.5) is 5.69 Å². The molecule has 0 atom stereocenters. The zero-order valence-electron chi connectivity index (χ0n) is 12.3. The molecule has 3 rings (SSSR count). The third kappa shape index (κ3) is 2.42. The van der Waals surface area contributed by atoms with E-state index in [1.807, 2.05) is 66.3 Å². The van der Waals surface area contributed by atoms with Gasteiger partial charge >= 0.3 is 0 Å². The molecule has 1 amide bonds. The molecule has 0 radical (unpaired) electrons. The maximum Gasteiger partial charge on any atom is 0.256 e. The first-order valence-corrected chi connectivity index (χ1v) is 7.14. The van der Waals surface area contributed by atoms with Crippen LogP contribution < -0.4 is 5.32 Å². The average Bonchev–Trinajstić information content (AvgIpc) is 2.89. The Balaban J connectivity index is 1.98. The van der Waals surface area contributed by atoms with Crippen LogP contribution in [-0.4, -0.2) is 10.5 Å². The van der Waals surface area contributed by atoms with E-state index >= 15 is 0 Å². The molecule has 0 fully saturated rings. The molecule has 0 aliphatic carbocycles. The van der Waals surface area contributed by atoms with E-state index in [0.717, 1.165) is 28.6 Å². The summed E-state index contributed by atoms with van der Waals surface area (Å²) in [5, 5.41) is 4.01. The molecule has 0 saturated carbocycles. The number of rotatable bonds is 3. The van der Waals surface area contributed by atoms with Crippen molar-refractivity contribution in [2.45, 2.75) is 13.3 Å². The van der Waals surface area contributed by atoms with Gasteiger partial charge in [0.1, 0.15) is 0 Å². The van der Waals surface area contributed by atoms with E-state index in [-0.39, 0.29) is 5.91 Å². The lowest BCUT2D eigenvalue weighted by molar-refractivity contribution is 0.102. The number of fused-ring (bicyclic) bond motifs is 1. The first kappa shape index (κ1) is 13.4. The summed E-state index contributed by atoms with van der Waals surface area (Å²) in [6.45, 7) is 2.09. The number of aryl methyl sites for hydroxylation is 2. The molecule has 21 heavy (non-hydrogen) atoms. The minimum Gasteiger partial charge on any atom is -0.351 e. The smallest absolute Gasteiger partial charge is 0.256 e. The van der Waals surface area contributed by atoms with Crippen molar-refractivity contribution in [2.24, 2.45) is 7.05 Å². The Morgan fingerprint density at radius 1 is 1.10 bits per heavy atom. The fourth-order valence-electron chi connectivity index (χ4n) is 2.64. The van der Waals surface area contributed by atoms with Crippen molar-refractivity contribution in [3.63, 3.8) is 0 Å². The highest BCUT2D eigenvalue weighted by Crippen LogP contribution is 2.22. The van der Waals surface area contributed by atoms with Crippen LogP contribution in [0.2, 0.25) is 0 Å². The van der Waals surface area contributed by atoms with Crippen molar-refractivity contribution in [3.8, 4) is 0 Å². The van der Waals surface area contributed by atoms with Gasteiger partial charge in [0.05, 0.1) is 0 Å². The summed E-state index contributed by atoms with van der Waals surface area (Å²) in [5.74, 6) is -0.0623. The lowest BCUT2D eigenvalue weighted by Crippen LogP contribution is -2.13. The number of anilines is 1. The molecular formula is C18H18N2O. The predicted molar refractivity (Wildman–Crippen MR) is 86.7 cm³/mol. The molecule has 1 N–H and O–H groups in total. The minimum atomic E-state index is -0.0623. The maximum absolute atomic E-state index is 12.6. The highest BCUT2D eigenvalue weighted by Gasteiger charge is 2.12. The molecular weight excluding hydrogens is 260 g/mol. The third-order valence-corrected chi connectivity index (χ3v) is 3.82. The van der Waals surface area contributed by atoms with Gasteiger partial charge in [-0.25, -0.2) is 0 Å². The van der Waals surface area contributed by atoms with Crippen LogP contribution in [-0.2, 0) is 13.5 Å². The molecule has 1 heterocycles. The van der Waals surface area contributed by atoms with Gasteiger partial charge in [-0.3, -0.25) is 4.79 Å². The van der Waals surface area contributed by atoms with E-state index in [9.17, 15) is 4.79 Å². The van der Waals surface area contributed by atoms with Gasteiger partial charge in [0.25, 0.3) is 5.91 Å². The first-order valence-electron chi connectivity index (χ1n) is 7.14. The molecule has 106 valence electrons. The number of nitrogens with one attached hydrogen (secondary N) is 1. The molecule has 2 aromatic carbocycles. The van der Waals surface area contributed by atoms with Crippen molar-refractivity contribution in [1.29, 1.82) is 0 Å². The van der Waals surface area contributed by atoms with Gasteiger partial charge in [0.2, 0.25) is 0 Å². The Kier molecular flexibility index (Phi) is 3.48. The zero-order chi connectivity index (χ0) is 14.8. The van der Waals surface area contributed by atoms with Gasteiger partial charge in [0.15, 0.2) is 0 Å². The van der Waals surface area contributed by atoms with Crippen molar-refractivity contribution in [1.82, 2.24) is 4.57 Å². The zero-order valence-corrected chi connectivity index (χ0v) is 12.3. The topological polar surface area (TPSA) is 34.0 Å².